The lowest BCUT2D eigenvalue weighted by Crippen LogP contribution is -2.43. The molecule has 0 heterocycles. The summed E-state index contributed by atoms with van der Waals surface area (Å²) in [7, 11) is 0. The van der Waals surface area contributed by atoms with Gasteiger partial charge in [0.2, 0.25) is 6.43 Å². The molecule has 2 N–H and O–H groups in total. The van der Waals surface area contributed by atoms with Crippen LogP contribution in [-0.2, 0) is 0 Å². The molecule has 56 valence electrons. The van der Waals surface area contributed by atoms with Crippen molar-refractivity contribution in [3.8, 4) is 0 Å². The number of hydrogen-bond acceptors (Lipinski definition) is 1. The van der Waals surface area contributed by atoms with E-state index in [2.05, 4.69) is 0 Å². The normalized spacial score (nSPS) is 33.3. The third-order valence-electron chi connectivity index (χ3n) is 1.71. The average molecular weight is 158 g/mol. The zero-order valence-electron chi connectivity index (χ0n) is 4.89. The van der Waals surface area contributed by atoms with Gasteiger partial charge in [0, 0.05) is 12.0 Å². The number of halogens is 3. The Hall–Kier alpha value is 0.110. The molecule has 0 aromatic heterocycles. The lowest BCUT2D eigenvalue weighted by atomic mass is 9.81. The summed E-state index contributed by atoms with van der Waals surface area (Å²) in [4.78, 5) is 0. The van der Waals surface area contributed by atoms with Crippen molar-refractivity contribution in [3.05, 3.63) is 0 Å². The van der Waals surface area contributed by atoms with Gasteiger partial charge in [-0.25, -0.2) is 8.78 Å². The molecule has 9 heavy (non-hydrogen) atoms. The first-order valence-electron chi connectivity index (χ1n) is 2.75. The second kappa shape index (κ2) is 3.32. The number of rotatable bonds is 1. The topological polar surface area (TPSA) is 26.0 Å². The zero-order chi connectivity index (χ0) is 6.15. The summed E-state index contributed by atoms with van der Waals surface area (Å²) < 4.78 is 23.3. The van der Waals surface area contributed by atoms with Crippen LogP contribution in [0.25, 0.3) is 0 Å². The average Bonchev–Trinajstić information content (AvgIpc) is 1.61. The Morgan fingerprint density at radius 1 is 1.33 bits per heavy atom. The van der Waals surface area contributed by atoms with Crippen molar-refractivity contribution in [2.24, 2.45) is 11.7 Å². The third kappa shape index (κ3) is 1.76. The van der Waals surface area contributed by atoms with Crippen molar-refractivity contribution < 1.29 is 8.78 Å². The Balaban J connectivity index is 0.000000640. The maximum atomic E-state index is 11.7. The van der Waals surface area contributed by atoms with Gasteiger partial charge in [-0.15, -0.1) is 12.4 Å². The molecule has 0 spiro atoms. The largest absolute Gasteiger partial charge is 0.327 e. The molecule has 1 fully saturated rings. The molecule has 0 bridgehead atoms. The molecule has 0 amide bonds. The standard InChI is InChI=1S/C5H9F2N.ClH/c6-5(7)3-1-2-4(3)8;/h3-5H,1-2,8H2;1H/t3-,4+;/m0./s1. The summed E-state index contributed by atoms with van der Waals surface area (Å²) >= 11 is 0. The highest BCUT2D eigenvalue weighted by molar-refractivity contribution is 5.85. The highest BCUT2D eigenvalue weighted by atomic mass is 35.5. The van der Waals surface area contributed by atoms with Crippen LogP contribution in [0, 0.1) is 5.92 Å². The predicted molar refractivity (Wildman–Crippen MR) is 34.0 cm³/mol. The molecule has 0 saturated heterocycles. The first-order chi connectivity index (χ1) is 3.72. The minimum atomic E-state index is -2.20. The molecular weight excluding hydrogens is 148 g/mol. The third-order valence-corrected chi connectivity index (χ3v) is 1.71. The summed E-state index contributed by atoms with van der Waals surface area (Å²) in [5.74, 6) is -0.505. The molecular formula is C5H10ClF2N. The van der Waals surface area contributed by atoms with Gasteiger partial charge in [-0.3, -0.25) is 0 Å². The summed E-state index contributed by atoms with van der Waals surface area (Å²) in [6.45, 7) is 0. The van der Waals surface area contributed by atoms with E-state index in [1.54, 1.807) is 0 Å². The summed E-state index contributed by atoms with van der Waals surface area (Å²) in [5.41, 5.74) is 5.24. The van der Waals surface area contributed by atoms with Crippen LogP contribution >= 0.6 is 12.4 Å². The van der Waals surface area contributed by atoms with Crippen molar-refractivity contribution in [3.63, 3.8) is 0 Å². The van der Waals surface area contributed by atoms with Gasteiger partial charge in [0.05, 0.1) is 0 Å². The molecule has 0 unspecified atom stereocenters. The van der Waals surface area contributed by atoms with Crippen LogP contribution in [0.4, 0.5) is 8.78 Å². The van der Waals surface area contributed by atoms with Crippen LogP contribution in [0.5, 0.6) is 0 Å². The summed E-state index contributed by atoms with van der Waals surface area (Å²) in [6, 6.07) is -0.227. The fourth-order valence-corrected chi connectivity index (χ4v) is 0.864. The van der Waals surface area contributed by atoms with Crippen molar-refractivity contribution in [2.45, 2.75) is 25.3 Å². The second-order valence-corrected chi connectivity index (χ2v) is 2.24. The van der Waals surface area contributed by atoms with Crippen LogP contribution in [0.1, 0.15) is 12.8 Å². The molecule has 2 atom stereocenters. The van der Waals surface area contributed by atoms with Crippen molar-refractivity contribution in [1.29, 1.82) is 0 Å². The zero-order valence-corrected chi connectivity index (χ0v) is 5.70. The van der Waals surface area contributed by atoms with Crippen molar-refractivity contribution in [1.82, 2.24) is 0 Å². The first-order valence-corrected chi connectivity index (χ1v) is 2.75. The van der Waals surface area contributed by atoms with Gasteiger partial charge in [-0.05, 0) is 12.8 Å². The Morgan fingerprint density at radius 3 is 1.89 bits per heavy atom. The Morgan fingerprint density at radius 2 is 1.89 bits per heavy atom. The molecule has 1 nitrogen and oxygen atoms in total. The van der Waals surface area contributed by atoms with Gasteiger partial charge >= 0.3 is 0 Å². The minimum absolute atomic E-state index is 0. The Labute approximate surface area is 59.0 Å². The van der Waals surface area contributed by atoms with E-state index in [1.165, 1.54) is 0 Å². The van der Waals surface area contributed by atoms with Crippen molar-refractivity contribution >= 4 is 12.4 Å². The van der Waals surface area contributed by atoms with Gasteiger partial charge in [-0.1, -0.05) is 0 Å². The summed E-state index contributed by atoms with van der Waals surface area (Å²) in [5, 5.41) is 0. The molecule has 0 aromatic carbocycles. The van der Waals surface area contributed by atoms with E-state index in [1.807, 2.05) is 0 Å². The minimum Gasteiger partial charge on any atom is -0.327 e. The molecule has 1 rings (SSSR count). The fourth-order valence-electron chi connectivity index (χ4n) is 0.864. The van der Waals surface area contributed by atoms with Crippen LogP contribution in [0.15, 0.2) is 0 Å². The van der Waals surface area contributed by atoms with Gasteiger partial charge in [0.15, 0.2) is 0 Å². The molecule has 1 saturated carbocycles. The molecule has 0 aliphatic heterocycles. The smallest absolute Gasteiger partial charge is 0.242 e. The van der Waals surface area contributed by atoms with Gasteiger partial charge in [0.25, 0.3) is 0 Å². The van der Waals surface area contributed by atoms with E-state index >= 15 is 0 Å². The Kier molecular flexibility index (Phi) is 3.36. The number of hydrogen-bond donors (Lipinski definition) is 1. The van der Waals surface area contributed by atoms with E-state index in [9.17, 15) is 8.78 Å². The van der Waals surface area contributed by atoms with E-state index in [0.29, 0.717) is 6.42 Å². The van der Waals surface area contributed by atoms with Gasteiger partial charge < -0.3 is 5.73 Å². The summed E-state index contributed by atoms with van der Waals surface area (Å²) in [6.07, 6.45) is -0.813. The number of nitrogens with two attached hydrogens (primary N) is 1. The van der Waals surface area contributed by atoms with Crippen LogP contribution in [0.3, 0.4) is 0 Å². The number of alkyl halides is 2. The fraction of sp³-hybridized carbons (Fsp3) is 1.00. The maximum Gasteiger partial charge on any atom is 0.242 e. The highest BCUT2D eigenvalue weighted by Gasteiger charge is 2.34. The molecule has 0 radical (unpaired) electrons. The van der Waals surface area contributed by atoms with Crippen LogP contribution < -0.4 is 5.73 Å². The van der Waals surface area contributed by atoms with E-state index in [0.717, 1.165) is 6.42 Å². The Bertz CT molecular complexity index is 84.3. The van der Waals surface area contributed by atoms with Crippen LogP contribution in [-0.4, -0.2) is 12.5 Å². The molecule has 1 aliphatic carbocycles. The van der Waals surface area contributed by atoms with Gasteiger partial charge in [-0.2, -0.15) is 0 Å². The molecule has 4 heteroatoms. The lowest BCUT2D eigenvalue weighted by Gasteiger charge is -2.32. The predicted octanol–water partition coefficient (Wildman–Crippen LogP) is 1.41. The van der Waals surface area contributed by atoms with Gasteiger partial charge in [0.1, 0.15) is 0 Å². The monoisotopic (exact) mass is 157 g/mol. The first kappa shape index (κ1) is 9.11. The maximum absolute atomic E-state index is 11.7. The van der Waals surface area contributed by atoms with Crippen molar-refractivity contribution in [2.75, 3.05) is 0 Å². The van der Waals surface area contributed by atoms with E-state index < -0.39 is 12.3 Å². The van der Waals surface area contributed by atoms with E-state index in [4.69, 9.17) is 5.73 Å². The highest BCUT2D eigenvalue weighted by Crippen LogP contribution is 2.30. The van der Waals surface area contributed by atoms with Crippen LogP contribution in [0.2, 0.25) is 0 Å². The molecule has 0 aromatic rings. The second-order valence-electron chi connectivity index (χ2n) is 2.24. The van der Waals surface area contributed by atoms with E-state index in [-0.39, 0.29) is 18.4 Å². The quantitative estimate of drug-likeness (QED) is 0.612. The lowest BCUT2D eigenvalue weighted by molar-refractivity contribution is 0.0193. The SMILES string of the molecule is Cl.N[C@@H]1CC[C@@H]1C(F)F. The molecule has 1 aliphatic rings.